The lowest BCUT2D eigenvalue weighted by Gasteiger charge is -2.17. The van der Waals surface area contributed by atoms with Crippen LogP contribution >= 0.6 is 15.9 Å². The molecule has 0 heterocycles. The van der Waals surface area contributed by atoms with Crippen LogP contribution in [0.15, 0.2) is 53.0 Å². The van der Waals surface area contributed by atoms with Crippen LogP contribution in [0.5, 0.6) is 0 Å². The monoisotopic (exact) mass is 342 g/mol. The molecule has 0 spiro atoms. The van der Waals surface area contributed by atoms with Crippen LogP contribution in [0.25, 0.3) is 0 Å². The summed E-state index contributed by atoms with van der Waals surface area (Å²) in [6.45, 7) is 0.505. The van der Waals surface area contributed by atoms with Crippen LogP contribution in [-0.2, 0) is 17.8 Å². The first-order valence-electron chi connectivity index (χ1n) is 6.56. The van der Waals surface area contributed by atoms with Gasteiger partial charge < -0.3 is 4.90 Å². The summed E-state index contributed by atoms with van der Waals surface area (Å²) in [5.74, 6) is 0.0553. The van der Waals surface area contributed by atoms with Gasteiger partial charge in [-0.2, -0.15) is 5.26 Å². The Morgan fingerprint density at radius 2 is 1.90 bits per heavy atom. The normalized spacial score (nSPS) is 9.95. The quantitative estimate of drug-likeness (QED) is 0.853. The number of amides is 1. The third-order valence-corrected chi connectivity index (χ3v) is 3.70. The van der Waals surface area contributed by atoms with E-state index in [4.69, 9.17) is 5.26 Å². The maximum Gasteiger partial charge on any atom is 0.227 e. The van der Waals surface area contributed by atoms with Crippen molar-refractivity contribution in [1.82, 2.24) is 4.90 Å². The van der Waals surface area contributed by atoms with Crippen molar-refractivity contribution >= 4 is 21.8 Å². The average molecular weight is 343 g/mol. The van der Waals surface area contributed by atoms with Gasteiger partial charge in [0.1, 0.15) is 0 Å². The second-order valence-corrected chi connectivity index (χ2v) is 5.78. The molecular formula is C17H15BrN2O. The van der Waals surface area contributed by atoms with E-state index in [1.54, 1.807) is 18.0 Å². The molecule has 0 saturated carbocycles. The average Bonchev–Trinajstić information content (AvgIpc) is 2.49. The Balaban J connectivity index is 1.99. The Kier molecular flexibility index (Phi) is 5.13. The van der Waals surface area contributed by atoms with Gasteiger partial charge in [-0.3, -0.25) is 4.79 Å². The summed E-state index contributed by atoms with van der Waals surface area (Å²) in [4.78, 5) is 13.9. The van der Waals surface area contributed by atoms with Gasteiger partial charge in [-0.25, -0.2) is 0 Å². The van der Waals surface area contributed by atoms with Crippen molar-refractivity contribution in [3.63, 3.8) is 0 Å². The fourth-order valence-corrected chi connectivity index (χ4v) is 2.28. The molecule has 0 saturated heterocycles. The van der Waals surface area contributed by atoms with E-state index < -0.39 is 0 Å². The lowest BCUT2D eigenvalue weighted by molar-refractivity contribution is -0.129. The van der Waals surface area contributed by atoms with Crippen molar-refractivity contribution < 1.29 is 4.79 Å². The van der Waals surface area contributed by atoms with Crippen LogP contribution < -0.4 is 0 Å². The molecule has 0 aliphatic rings. The van der Waals surface area contributed by atoms with Gasteiger partial charge in [-0.05, 0) is 35.4 Å². The minimum absolute atomic E-state index is 0.0553. The van der Waals surface area contributed by atoms with Crippen molar-refractivity contribution in [2.75, 3.05) is 7.05 Å². The van der Waals surface area contributed by atoms with Crippen molar-refractivity contribution in [3.8, 4) is 6.07 Å². The highest BCUT2D eigenvalue weighted by molar-refractivity contribution is 9.10. The zero-order valence-electron chi connectivity index (χ0n) is 11.7. The van der Waals surface area contributed by atoms with Gasteiger partial charge in [-0.1, -0.05) is 40.2 Å². The molecule has 0 aliphatic carbocycles. The number of nitriles is 1. The predicted octanol–water partition coefficient (Wildman–Crippen LogP) is 3.52. The van der Waals surface area contributed by atoms with E-state index in [-0.39, 0.29) is 5.91 Å². The van der Waals surface area contributed by atoms with E-state index >= 15 is 0 Å². The molecule has 0 bridgehead atoms. The van der Waals surface area contributed by atoms with Crippen LogP contribution in [-0.4, -0.2) is 17.9 Å². The molecule has 4 heteroatoms. The molecule has 2 rings (SSSR count). The summed E-state index contributed by atoms with van der Waals surface area (Å²) in [6, 6.07) is 17.2. The smallest absolute Gasteiger partial charge is 0.227 e. The van der Waals surface area contributed by atoms with Gasteiger partial charge in [0.2, 0.25) is 5.91 Å². The van der Waals surface area contributed by atoms with E-state index in [0.29, 0.717) is 18.5 Å². The summed E-state index contributed by atoms with van der Waals surface area (Å²) in [5.41, 5.74) is 2.56. The van der Waals surface area contributed by atoms with E-state index in [2.05, 4.69) is 22.0 Å². The fourth-order valence-electron chi connectivity index (χ4n) is 2.01. The van der Waals surface area contributed by atoms with Gasteiger partial charge >= 0.3 is 0 Å². The van der Waals surface area contributed by atoms with E-state index in [0.717, 1.165) is 15.6 Å². The highest BCUT2D eigenvalue weighted by Gasteiger charge is 2.10. The van der Waals surface area contributed by atoms with E-state index in [1.807, 2.05) is 42.5 Å². The Morgan fingerprint density at radius 3 is 2.57 bits per heavy atom. The number of carbonyl (C=O) groups excluding carboxylic acids is 1. The van der Waals surface area contributed by atoms with Crippen molar-refractivity contribution in [1.29, 1.82) is 5.26 Å². The third-order valence-electron chi connectivity index (χ3n) is 3.17. The SMILES string of the molecule is CN(Cc1cccc(C#N)c1)C(=O)Cc1ccc(Br)cc1. The number of rotatable bonds is 4. The first kappa shape index (κ1) is 15.3. The minimum Gasteiger partial charge on any atom is -0.341 e. The highest BCUT2D eigenvalue weighted by atomic mass is 79.9. The van der Waals surface area contributed by atoms with Gasteiger partial charge in [0.05, 0.1) is 18.1 Å². The summed E-state index contributed by atoms with van der Waals surface area (Å²) in [5, 5.41) is 8.89. The molecule has 0 aliphatic heterocycles. The Bertz CT molecular complexity index is 674. The molecule has 2 aromatic carbocycles. The second-order valence-electron chi connectivity index (χ2n) is 4.87. The molecule has 0 radical (unpaired) electrons. The maximum absolute atomic E-state index is 12.2. The molecule has 3 nitrogen and oxygen atoms in total. The van der Waals surface area contributed by atoms with Crippen LogP contribution in [0, 0.1) is 11.3 Å². The van der Waals surface area contributed by atoms with Crippen LogP contribution in [0.4, 0.5) is 0 Å². The van der Waals surface area contributed by atoms with Crippen molar-refractivity contribution in [3.05, 3.63) is 69.7 Å². The number of benzene rings is 2. The number of likely N-dealkylation sites (N-methyl/N-ethyl adjacent to an activating group) is 1. The summed E-state index contributed by atoms with van der Waals surface area (Å²) in [7, 11) is 1.78. The van der Waals surface area contributed by atoms with E-state index in [1.165, 1.54) is 0 Å². The lowest BCUT2D eigenvalue weighted by atomic mass is 10.1. The molecule has 2 aromatic rings. The standard InChI is InChI=1S/C17H15BrN2O/c1-20(12-15-4-2-3-14(9-15)11-19)17(21)10-13-5-7-16(18)8-6-13/h2-9H,10,12H2,1H3. The maximum atomic E-state index is 12.2. The van der Waals surface area contributed by atoms with Crippen LogP contribution in [0.3, 0.4) is 0 Å². The molecule has 1 amide bonds. The second kappa shape index (κ2) is 7.05. The Labute approximate surface area is 132 Å². The van der Waals surface area contributed by atoms with Gasteiger partial charge in [0.15, 0.2) is 0 Å². The topological polar surface area (TPSA) is 44.1 Å². The fraction of sp³-hybridized carbons (Fsp3) is 0.176. The first-order valence-corrected chi connectivity index (χ1v) is 7.35. The molecule has 21 heavy (non-hydrogen) atoms. The molecule has 106 valence electrons. The Hall–Kier alpha value is -2.12. The minimum atomic E-state index is 0.0553. The molecule has 0 N–H and O–H groups in total. The van der Waals surface area contributed by atoms with Gasteiger partial charge in [0.25, 0.3) is 0 Å². The number of carbonyl (C=O) groups is 1. The summed E-state index contributed by atoms with van der Waals surface area (Å²) >= 11 is 3.38. The molecule has 0 fully saturated rings. The zero-order chi connectivity index (χ0) is 15.2. The summed E-state index contributed by atoms with van der Waals surface area (Å²) < 4.78 is 1.00. The van der Waals surface area contributed by atoms with Crippen molar-refractivity contribution in [2.45, 2.75) is 13.0 Å². The molecule has 0 atom stereocenters. The van der Waals surface area contributed by atoms with Gasteiger partial charge in [0, 0.05) is 18.1 Å². The molecular weight excluding hydrogens is 328 g/mol. The largest absolute Gasteiger partial charge is 0.341 e. The third kappa shape index (κ3) is 4.44. The number of halogens is 1. The number of hydrogen-bond donors (Lipinski definition) is 0. The van der Waals surface area contributed by atoms with Crippen LogP contribution in [0.2, 0.25) is 0 Å². The predicted molar refractivity (Wildman–Crippen MR) is 85.5 cm³/mol. The van der Waals surface area contributed by atoms with E-state index in [9.17, 15) is 4.79 Å². The molecule has 0 aromatic heterocycles. The first-order chi connectivity index (χ1) is 10.1. The lowest BCUT2D eigenvalue weighted by Crippen LogP contribution is -2.27. The molecule has 0 unspecified atom stereocenters. The summed E-state index contributed by atoms with van der Waals surface area (Å²) in [6.07, 6.45) is 0.377. The van der Waals surface area contributed by atoms with Gasteiger partial charge in [-0.15, -0.1) is 0 Å². The number of nitrogens with zero attached hydrogens (tertiary/aromatic N) is 2. The van der Waals surface area contributed by atoms with Crippen molar-refractivity contribution in [2.24, 2.45) is 0 Å². The Morgan fingerprint density at radius 1 is 1.19 bits per heavy atom. The highest BCUT2D eigenvalue weighted by Crippen LogP contribution is 2.12. The number of hydrogen-bond acceptors (Lipinski definition) is 2. The van der Waals surface area contributed by atoms with Crippen LogP contribution in [0.1, 0.15) is 16.7 Å². The zero-order valence-corrected chi connectivity index (χ0v) is 13.3.